The minimum atomic E-state index is -1.49. The number of halogens is 1. The highest BCUT2D eigenvalue weighted by molar-refractivity contribution is 5.96. The summed E-state index contributed by atoms with van der Waals surface area (Å²) in [5.41, 5.74) is 13.0. The van der Waals surface area contributed by atoms with E-state index in [0.29, 0.717) is 49.7 Å². The summed E-state index contributed by atoms with van der Waals surface area (Å²) < 4.78 is 14.4. The zero-order valence-corrected chi connectivity index (χ0v) is 37.6. The average Bonchev–Trinajstić information content (AvgIpc) is 4.05. The van der Waals surface area contributed by atoms with E-state index in [9.17, 15) is 43.4 Å². The first-order valence-electron chi connectivity index (χ1n) is 22.3. The SMILES string of the molecule is CC[C@@H](C)[C@@H](C(=O)N1CCC[C@@]1(C(N)=O)c1ccc([C@H]2CC[C@H](c3ccc([C@]4(C(N)=O)CCCN4C(=O)[C@H]([C@H](C)CC)N(C)C(=O)O)cc3)N2c2ccc(F)cc2)cc1)N(C)C(=O)O. The third-order valence-corrected chi connectivity index (χ3v) is 14.5. The lowest BCUT2D eigenvalue weighted by molar-refractivity contribution is -0.149. The van der Waals surface area contributed by atoms with E-state index in [-0.39, 0.29) is 55.7 Å². The van der Waals surface area contributed by atoms with Crippen molar-refractivity contribution in [1.82, 2.24) is 19.6 Å². The van der Waals surface area contributed by atoms with E-state index in [1.165, 1.54) is 36.0 Å². The summed E-state index contributed by atoms with van der Waals surface area (Å²) >= 11 is 0. The predicted molar refractivity (Wildman–Crippen MR) is 238 cm³/mol. The van der Waals surface area contributed by atoms with Crippen molar-refractivity contribution in [2.24, 2.45) is 23.3 Å². The minimum absolute atomic E-state index is 0.211. The van der Waals surface area contributed by atoms with Gasteiger partial charge in [-0.15, -0.1) is 0 Å². The fourth-order valence-electron chi connectivity index (χ4n) is 10.6. The van der Waals surface area contributed by atoms with Crippen molar-refractivity contribution in [3.8, 4) is 0 Å². The summed E-state index contributed by atoms with van der Waals surface area (Å²) in [6, 6.07) is 18.7. The van der Waals surface area contributed by atoms with E-state index >= 15 is 0 Å². The summed E-state index contributed by atoms with van der Waals surface area (Å²) in [6.45, 7) is 7.86. The molecule has 3 heterocycles. The topological polar surface area (TPSA) is 211 Å². The van der Waals surface area contributed by atoms with Crippen molar-refractivity contribution in [2.45, 2.75) is 114 Å². The molecule has 15 nitrogen and oxygen atoms in total. The molecule has 3 saturated heterocycles. The molecule has 6 N–H and O–H groups in total. The van der Waals surface area contributed by atoms with Gasteiger partial charge in [-0.2, -0.15) is 0 Å². The number of amides is 6. The number of primary amides is 2. The molecule has 0 aromatic heterocycles. The van der Waals surface area contributed by atoms with Gasteiger partial charge in [0.2, 0.25) is 23.6 Å². The first-order chi connectivity index (χ1) is 30.4. The van der Waals surface area contributed by atoms with E-state index < -0.39 is 59.0 Å². The van der Waals surface area contributed by atoms with Crippen LogP contribution in [0.3, 0.4) is 0 Å². The number of carbonyl (C=O) groups is 6. The number of rotatable bonds is 15. The lowest BCUT2D eigenvalue weighted by Gasteiger charge is -2.41. The largest absolute Gasteiger partial charge is 0.465 e. The fourth-order valence-corrected chi connectivity index (χ4v) is 10.6. The summed E-state index contributed by atoms with van der Waals surface area (Å²) in [6.07, 6.45) is 1.52. The molecule has 0 radical (unpaired) electrons. The Bertz CT molecular complexity index is 2090. The highest BCUT2D eigenvalue weighted by Crippen LogP contribution is 2.49. The molecule has 0 bridgehead atoms. The molecule has 6 amide bonds. The van der Waals surface area contributed by atoms with E-state index in [0.717, 1.165) is 26.6 Å². The van der Waals surface area contributed by atoms with Crippen molar-refractivity contribution < 1.29 is 43.4 Å². The zero-order chi connectivity index (χ0) is 46.8. The molecule has 8 atom stereocenters. The lowest BCUT2D eigenvalue weighted by Crippen LogP contribution is -2.59. The number of likely N-dealkylation sites (tertiary alicyclic amines) is 2. The van der Waals surface area contributed by atoms with Crippen LogP contribution in [0.4, 0.5) is 19.7 Å². The molecular weight excluding hydrogens is 822 g/mol. The van der Waals surface area contributed by atoms with E-state index in [2.05, 4.69) is 4.90 Å². The molecule has 344 valence electrons. The smallest absolute Gasteiger partial charge is 0.407 e. The quantitative estimate of drug-likeness (QED) is 0.130. The minimum Gasteiger partial charge on any atom is -0.465 e. The highest BCUT2D eigenvalue weighted by atomic mass is 19.1. The molecular formula is C48H62FN7O8. The normalized spacial score (nSPS) is 23.9. The average molecular weight is 884 g/mol. The number of hydrogen-bond acceptors (Lipinski definition) is 7. The summed E-state index contributed by atoms with van der Waals surface area (Å²) in [7, 11) is 2.73. The number of anilines is 1. The number of hydrogen-bond donors (Lipinski definition) is 4. The Kier molecular flexibility index (Phi) is 14.0. The Morgan fingerprint density at radius 2 is 1.02 bits per heavy atom. The molecule has 3 aromatic carbocycles. The summed E-state index contributed by atoms with van der Waals surface area (Å²) in [5.74, 6) is -3.37. The second kappa shape index (κ2) is 18.9. The van der Waals surface area contributed by atoms with Gasteiger partial charge >= 0.3 is 12.2 Å². The van der Waals surface area contributed by atoms with Gasteiger partial charge in [-0.25, -0.2) is 14.0 Å². The number of likely N-dealkylation sites (N-methyl/N-ethyl adjacent to an activating group) is 2. The van der Waals surface area contributed by atoms with Gasteiger partial charge in [0, 0.05) is 32.9 Å². The maximum absolute atomic E-state index is 14.4. The van der Waals surface area contributed by atoms with Crippen LogP contribution in [0.2, 0.25) is 0 Å². The third kappa shape index (κ3) is 8.22. The van der Waals surface area contributed by atoms with Gasteiger partial charge in [-0.1, -0.05) is 89.1 Å². The van der Waals surface area contributed by atoms with Crippen LogP contribution < -0.4 is 16.4 Å². The van der Waals surface area contributed by atoms with Crippen molar-refractivity contribution in [1.29, 1.82) is 0 Å². The highest BCUT2D eigenvalue weighted by Gasteiger charge is 2.54. The summed E-state index contributed by atoms with van der Waals surface area (Å²) in [4.78, 5) is 86.9. The van der Waals surface area contributed by atoms with Crippen LogP contribution in [0.1, 0.15) is 113 Å². The zero-order valence-electron chi connectivity index (χ0n) is 37.6. The Morgan fingerprint density at radius 1 is 0.656 bits per heavy atom. The van der Waals surface area contributed by atoms with Gasteiger partial charge in [0.05, 0.1) is 12.1 Å². The Labute approximate surface area is 374 Å². The number of benzene rings is 3. The van der Waals surface area contributed by atoms with Crippen LogP contribution in [-0.4, -0.2) is 105 Å². The molecule has 0 aliphatic carbocycles. The molecule has 3 aliphatic rings. The molecule has 3 aliphatic heterocycles. The number of nitrogens with two attached hydrogens (primary N) is 2. The molecule has 0 spiro atoms. The van der Waals surface area contributed by atoms with Crippen LogP contribution in [0.15, 0.2) is 72.8 Å². The number of carbonyl (C=O) groups excluding carboxylic acids is 4. The van der Waals surface area contributed by atoms with Gasteiger partial charge in [-0.3, -0.25) is 29.0 Å². The van der Waals surface area contributed by atoms with Gasteiger partial charge < -0.3 is 36.4 Å². The van der Waals surface area contributed by atoms with Gasteiger partial charge in [-0.05, 0) is 96.9 Å². The molecule has 3 fully saturated rings. The van der Waals surface area contributed by atoms with Crippen molar-refractivity contribution in [2.75, 3.05) is 32.1 Å². The maximum Gasteiger partial charge on any atom is 0.407 e. The van der Waals surface area contributed by atoms with Crippen molar-refractivity contribution >= 4 is 41.5 Å². The molecule has 0 saturated carbocycles. The second-order valence-electron chi connectivity index (χ2n) is 17.8. The van der Waals surface area contributed by atoms with Crippen LogP contribution in [-0.2, 0) is 30.3 Å². The van der Waals surface area contributed by atoms with E-state index in [4.69, 9.17) is 11.5 Å². The lowest BCUT2D eigenvalue weighted by atomic mass is 9.84. The second-order valence-corrected chi connectivity index (χ2v) is 17.8. The Hall–Kier alpha value is -6.19. The van der Waals surface area contributed by atoms with Crippen molar-refractivity contribution in [3.63, 3.8) is 0 Å². The molecule has 6 rings (SSSR count). The van der Waals surface area contributed by atoms with Gasteiger partial charge in [0.25, 0.3) is 0 Å². The standard InChI is InChI=1S/C48H62FN7O8/c1-7-29(3)39(52(5)45(61)62)41(57)54-27-9-25-47(54,43(50)59)33-15-11-31(12-16-33)37-23-24-38(56(37)36-21-19-35(49)20-22-36)32-13-17-34(18-14-32)48(44(51)60)26-10-28-55(48)42(58)40(30(4)8-2)53(6)46(63)64/h11-22,29-30,37-40H,7-10,23-28H2,1-6H3,(H2,50,59)(H2,51,60)(H,61,62)(H,63,64)/t29-,30-,37-,38-,39+,40+,47+,48+/m1/s1. The first kappa shape index (κ1) is 47.3. The molecule has 0 unspecified atom stereocenters. The van der Waals surface area contributed by atoms with Crippen LogP contribution >= 0.6 is 0 Å². The Balaban J connectivity index is 1.33. The number of nitrogens with zero attached hydrogens (tertiary/aromatic N) is 5. The van der Waals surface area contributed by atoms with Crippen LogP contribution in [0.5, 0.6) is 0 Å². The first-order valence-corrected chi connectivity index (χ1v) is 22.3. The monoisotopic (exact) mass is 883 g/mol. The fraction of sp³-hybridized carbons (Fsp3) is 0.500. The number of carboxylic acid groups (broad SMARTS) is 2. The predicted octanol–water partition coefficient (Wildman–Crippen LogP) is 6.56. The van der Waals surface area contributed by atoms with Crippen LogP contribution in [0.25, 0.3) is 0 Å². The van der Waals surface area contributed by atoms with E-state index in [1.807, 2.05) is 76.2 Å². The van der Waals surface area contributed by atoms with E-state index in [1.54, 1.807) is 12.1 Å². The van der Waals surface area contributed by atoms with Crippen LogP contribution in [0, 0.1) is 17.7 Å². The molecule has 16 heteroatoms. The third-order valence-electron chi connectivity index (χ3n) is 14.5. The van der Waals surface area contributed by atoms with Gasteiger partial charge in [0.15, 0.2) is 0 Å². The Morgan fingerprint density at radius 3 is 1.33 bits per heavy atom. The molecule has 3 aromatic rings. The summed E-state index contributed by atoms with van der Waals surface area (Å²) in [5, 5.41) is 19.7. The van der Waals surface area contributed by atoms with Gasteiger partial charge in [0.1, 0.15) is 29.0 Å². The maximum atomic E-state index is 14.4. The molecule has 64 heavy (non-hydrogen) atoms. The van der Waals surface area contributed by atoms with Crippen molar-refractivity contribution in [3.05, 3.63) is 101 Å².